The minimum atomic E-state index is -0.551. The van der Waals surface area contributed by atoms with Gasteiger partial charge < -0.3 is 9.94 Å². The molecule has 4 rings (SSSR count). The summed E-state index contributed by atoms with van der Waals surface area (Å²) in [6, 6.07) is 21.7. The molecule has 0 saturated carbocycles. The molecule has 0 amide bonds. The predicted octanol–water partition coefficient (Wildman–Crippen LogP) is 5.73. The first-order valence-corrected chi connectivity index (χ1v) is 11.6. The number of oxime groups is 1. The fourth-order valence-corrected chi connectivity index (χ4v) is 4.26. The SMILES string of the molecule is O[C@@H](Cc1ccccc1)CN(Cc1ccc(F)cc1)C[C@H]1CC(c2ccc(Cl)c(Cl)c2)=NO1. The van der Waals surface area contributed by atoms with Crippen LogP contribution < -0.4 is 0 Å². The average Bonchev–Trinajstić information content (AvgIpc) is 3.26. The van der Waals surface area contributed by atoms with Crippen LogP contribution in [0.15, 0.2) is 78.0 Å². The van der Waals surface area contributed by atoms with E-state index in [0.29, 0.717) is 42.5 Å². The summed E-state index contributed by atoms with van der Waals surface area (Å²) in [6.45, 7) is 1.58. The zero-order chi connectivity index (χ0) is 23.2. The van der Waals surface area contributed by atoms with Crippen LogP contribution in [0.4, 0.5) is 4.39 Å². The highest BCUT2D eigenvalue weighted by Crippen LogP contribution is 2.26. The maximum absolute atomic E-state index is 13.4. The molecule has 3 aromatic carbocycles. The van der Waals surface area contributed by atoms with E-state index in [-0.39, 0.29) is 11.9 Å². The smallest absolute Gasteiger partial charge is 0.145 e. The van der Waals surface area contributed by atoms with Crippen molar-refractivity contribution in [2.45, 2.75) is 31.6 Å². The van der Waals surface area contributed by atoms with Gasteiger partial charge in [-0.2, -0.15) is 0 Å². The van der Waals surface area contributed by atoms with Crippen LogP contribution in [-0.2, 0) is 17.8 Å². The number of aliphatic hydroxyl groups excluding tert-OH is 1. The molecule has 0 unspecified atom stereocenters. The third kappa shape index (κ3) is 6.78. The highest BCUT2D eigenvalue weighted by atomic mass is 35.5. The van der Waals surface area contributed by atoms with Gasteiger partial charge in [-0.05, 0) is 41.8 Å². The Labute approximate surface area is 203 Å². The zero-order valence-corrected chi connectivity index (χ0v) is 19.5. The second-order valence-electron chi connectivity index (χ2n) is 8.26. The summed E-state index contributed by atoms with van der Waals surface area (Å²) in [5, 5.41) is 16.0. The van der Waals surface area contributed by atoms with Crippen LogP contribution in [0.25, 0.3) is 0 Å². The lowest BCUT2D eigenvalue weighted by molar-refractivity contribution is 0.0322. The van der Waals surface area contributed by atoms with E-state index < -0.39 is 6.10 Å². The molecule has 4 nitrogen and oxygen atoms in total. The van der Waals surface area contributed by atoms with E-state index in [9.17, 15) is 9.50 Å². The third-order valence-electron chi connectivity index (χ3n) is 5.55. The molecule has 3 aromatic rings. The van der Waals surface area contributed by atoms with Gasteiger partial charge in [-0.3, -0.25) is 4.90 Å². The summed E-state index contributed by atoms with van der Waals surface area (Å²) < 4.78 is 13.4. The van der Waals surface area contributed by atoms with Crippen LogP contribution in [0, 0.1) is 5.82 Å². The van der Waals surface area contributed by atoms with E-state index in [1.807, 2.05) is 36.4 Å². The fraction of sp³-hybridized carbons (Fsp3) is 0.269. The van der Waals surface area contributed by atoms with Crippen LogP contribution >= 0.6 is 23.2 Å². The van der Waals surface area contributed by atoms with E-state index in [1.54, 1.807) is 24.3 Å². The van der Waals surface area contributed by atoms with Gasteiger partial charge >= 0.3 is 0 Å². The maximum atomic E-state index is 13.4. The Bertz CT molecular complexity index is 1090. The summed E-state index contributed by atoms with van der Waals surface area (Å²) in [5.41, 5.74) is 3.73. The molecular formula is C26H25Cl2FN2O2. The van der Waals surface area contributed by atoms with E-state index in [0.717, 1.165) is 22.4 Å². The third-order valence-corrected chi connectivity index (χ3v) is 6.29. The Morgan fingerprint density at radius 2 is 1.76 bits per heavy atom. The number of aliphatic hydroxyl groups is 1. The lowest BCUT2D eigenvalue weighted by Crippen LogP contribution is -2.38. The molecule has 33 heavy (non-hydrogen) atoms. The monoisotopic (exact) mass is 486 g/mol. The molecule has 172 valence electrons. The molecule has 0 aliphatic carbocycles. The Morgan fingerprint density at radius 3 is 2.48 bits per heavy atom. The quantitative estimate of drug-likeness (QED) is 0.419. The molecule has 0 spiro atoms. The molecule has 7 heteroatoms. The summed E-state index contributed by atoms with van der Waals surface area (Å²) >= 11 is 12.2. The molecule has 0 fully saturated rings. The summed E-state index contributed by atoms with van der Waals surface area (Å²) in [4.78, 5) is 7.83. The number of nitrogens with zero attached hydrogens (tertiary/aromatic N) is 2. The van der Waals surface area contributed by atoms with Gasteiger partial charge in [0.25, 0.3) is 0 Å². The van der Waals surface area contributed by atoms with Crippen LogP contribution in [0.2, 0.25) is 10.0 Å². The number of halogens is 3. The van der Waals surface area contributed by atoms with Crippen molar-refractivity contribution in [2.75, 3.05) is 13.1 Å². The Kier molecular flexibility index (Phi) is 7.99. The number of hydrogen-bond donors (Lipinski definition) is 1. The topological polar surface area (TPSA) is 45.1 Å². The van der Waals surface area contributed by atoms with Crippen LogP contribution in [0.3, 0.4) is 0 Å². The van der Waals surface area contributed by atoms with Crippen molar-refractivity contribution >= 4 is 28.9 Å². The normalized spacial score (nSPS) is 16.5. The lowest BCUT2D eigenvalue weighted by atomic mass is 10.0. The molecule has 2 atom stereocenters. The summed E-state index contributed by atoms with van der Waals surface area (Å²) in [7, 11) is 0. The molecule has 1 N–H and O–H groups in total. The van der Waals surface area contributed by atoms with Gasteiger partial charge in [0.1, 0.15) is 11.9 Å². The first kappa shape index (κ1) is 23.7. The maximum Gasteiger partial charge on any atom is 0.145 e. The predicted molar refractivity (Wildman–Crippen MR) is 130 cm³/mol. The second-order valence-corrected chi connectivity index (χ2v) is 9.08. The van der Waals surface area contributed by atoms with Crippen molar-refractivity contribution in [1.82, 2.24) is 4.90 Å². The van der Waals surface area contributed by atoms with E-state index in [4.69, 9.17) is 28.0 Å². The molecule has 0 bridgehead atoms. The van der Waals surface area contributed by atoms with Crippen molar-refractivity contribution < 1.29 is 14.3 Å². The van der Waals surface area contributed by atoms with Gasteiger partial charge in [-0.15, -0.1) is 0 Å². The van der Waals surface area contributed by atoms with Gasteiger partial charge in [0, 0.05) is 31.6 Å². The van der Waals surface area contributed by atoms with E-state index in [2.05, 4.69) is 10.1 Å². The van der Waals surface area contributed by atoms with Gasteiger partial charge in [0.15, 0.2) is 0 Å². The van der Waals surface area contributed by atoms with Crippen LogP contribution in [0.5, 0.6) is 0 Å². The van der Waals surface area contributed by atoms with Crippen molar-refractivity contribution in [3.8, 4) is 0 Å². The lowest BCUT2D eigenvalue weighted by Gasteiger charge is -2.27. The Hall–Kier alpha value is -2.44. The molecule has 0 aromatic heterocycles. The van der Waals surface area contributed by atoms with Crippen molar-refractivity contribution in [3.05, 3.63) is 105 Å². The van der Waals surface area contributed by atoms with Gasteiger partial charge in [0.2, 0.25) is 0 Å². The van der Waals surface area contributed by atoms with Crippen LogP contribution in [-0.4, -0.2) is 41.0 Å². The summed E-state index contributed by atoms with van der Waals surface area (Å²) in [5.74, 6) is -0.270. The van der Waals surface area contributed by atoms with Crippen LogP contribution in [0.1, 0.15) is 23.1 Å². The number of benzene rings is 3. The van der Waals surface area contributed by atoms with Crippen molar-refractivity contribution in [3.63, 3.8) is 0 Å². The fourth-order valence-electron chi connectivity index (χ4n) is 3.96. The molecular weight excluding hydrogens is 462 g/mol. The minimum absolute atomic E-state index is 0.168. The van der Waals surface area contributed by atoms with Crippen molar-refractivity contribution in [2.24, 2.45) is 5.16 Å². The molecule has 1 aliphatic heterocycles. The highest BCUT2D eigenvalue weighted by molar-refractivity contribution is 6.42. The first-order chi connectivity index (χ1) is 16.0. The average molecular weight is 487 g/mol. The second kappa shape index (κ2) is 11.1. The zero-order valence-electron chi connectivity index (χ0n) is 18.0. The van der Waals surface area contributed by atoms with E-state index in [1.165, 1.54) is 12.1 Å². The van der Waals surface area contributed by atoms with Crippen molar-refractivity contribution in [1.29, 1.82) is 0 Å². The molecule has 1 aliphatic rings. The molecule has 1 heterocycles. The summed E-state index contributed by atoms with van der Waals surface area (Å²) in [6.07, 6.45) is 0.452. The standard InChI is InChI=1S/C26H25Cl2FN2O2/c27-24-11-8-20(13-25(24)28)26-14-23(33-30-26)17-31(15-19-6-9-21(29)10-7-19)16-22(32)12-18-4-2-1-3-5-18/h1-11,13,22-23,32H,12,14-17H2/t22-,23+/m0/s1. The van der Waals surface area contributed by atoms with Gasteiger partial charge in [-0.1, -0.05) is 76.9 Å². The van der Waals surface area contributed by atoms with Gasteiger partial charge in [0.05, 0.1) is 21.9 Å². The first-order valence-electron chi connectivity index (χ1n) is 10.8. The van der Waals surface area contributed by atoms with Gasteiger partial charge in [-0.25, -0.2) is 4.39 Å². The largest absolute Gasteiger partial charge is 0.391 e. The number of rotatable bonds is 9. The molecule has 0 radical (unpaired) electrons. The Morgan fingerprint density at radius 1 is 1.00 bits per heavy atom. The highest BCUT2D eigenvalue weighted by Gasteiger charge is 2.26. The Balaban J connectivity index is 1.41. The van der Waals surface area contributed by atoms with E-state index >= 15 is 0 Å². The number of hydrogen-bond acceptors (Lipinski definition) is 4. The minimum Gasteiger partial charge on any atom is -0.391 e. The molecule has 0 saturated heterocycles.